The quantitative estimate of drug-likeness (QED) is 0.614. The maximum Gasteiger partial charge on any atom is 0.230 e. The molecule has 6 heteroatoms. The van der Waals surface area contributed by atoms with Crippen molar-refractivity contribution < 1.29 is 9.59 Å². The van der Waals surface area contributed by atoms with E-state index in [9.17, 15) is 9.59 Å². The zero-order valence-corrected chi connectivity index (χ0v) is 18.7. The Labute approximate surface area is 192 Å². The van der Waals surface area contributed by atoms with Crippen LogP contribution in [0.3, 0.4) is 0 Å². The number of halogens is 2. The van der Waals surface area contributed by atoms with Gasteiger partial charge in [-0.1, -0.05) is 71.2 Å². The van der Waals surface area contributed by atoms with E-state index in [-0.39, 0.29) is 30.1 Å². The van der Waals surface area contributed by atoms with Crippen LogP contribution in [-0.4, -0.2) is 11.8 Å². The minimum absolute atomic E-state index is 0.00553. The third-order valence-corrected chi connectivity index (χ3v) is 6.45. The molecular formula is C25H24Cl2N2O2. The van der Waals surface area contributed by atoms with Crippen molar-refractivity contribution in [3.63, 3.8) is 0 Å². The van der Waals surface area contributed by atoms with Gasteiger partial charge in [0.25, 0.3) is 0 Å². The lowest BCUT2D eigenvalue weighted by molar-refractivity contribution is -0.132. The van der Waals surface area contributed by atoms with E-state index in [1.807, 2.05) is 55.5 Å². The van der Waals surface area contributed by atoms with Gasteiger partial charge in [0.1, 0.15) is 0 Å². The maximum absolute atomic E-state index is 13.6. The highest BCUT2D eigenvalue weighted by Crippen LogP contribution is 2.42. The first kappa shape index (κ1) is 21.7. The molecule has 1 fully saturated rings. The largest absolute Gasteiger partial charge is 0.348 e. The minimum Gasteiger partial charge on any atom is -0.348 e. The van der Waals surface area contributed by atoms with Crippen LogP contribution in [0.25, 0.3) is 0 Å². The second-order valence-electron chi connectivity index (χ2n) is 8.21. The van der Waals surface area contributed by atoms with Crippen LogP contribution in [0, 0.1) is 24.7 Å². The van der Waals surface area contributed by atoms with Crippen molar-refractivity contribution in [2.75, 3.05) is 5.32 Å². The number of nitrogens with one attached hydrogen (secondary N) is 2. The Morgan fingerprint density at radius 3 is 2.68 bits per heavy atom. The number of hydrogen-bond donors (Lipinski definition) is 2. The van der Waals surface area contributed by atoms with E-state index in [0.717, 1.165) is 17.5 Å². The Balaban J connectivity index is 1.72. The average Bonchev–Trinajstić information content (AvgIpc) is 2.73. The monoisotopic (exact) mass is 454 g/mol. The molecule has 31 heavy (non-hydrogen) atoms. The van der Waals surface area contributed by atoms with Gasteiger partial charge in [-0.25, -0.2) is 0 Å². The summed E-state index contributed by atoms with van der Waals surface area (Å²) in [5.41, 5.74) is 2.63. The van der Waals surface area contributed by atoms with E-state index in [4.69, 9.17) is 23.2 Å². The molecule has 2 aromatic rings. The lowest BCUT2D eigenvalue weighted by atomic mass is 9.69. The first-order chi connectivity index (χ1) is 14.9. The summed E-state index contributed by atoms with van der Waals surface area (Å²) >= 11 is 12.4. The Hall–Kier alpha value is -2.56. The highest BCUT2D eigenvalue weighted by atomic mass is 35.5. The molecule has 0 radical (unpaired) electrons. The summed E-state index contributed by atoms with van der Waals surface area (Å²) in [5, 5.41) is 7.28. The van der Waals surface area contributed by atoms with E-state index in [1.165, 1.54) is 0 Å². The lowest BCUT2D eigenvalue weighted by Gasteiger charge is -2.41. The van der Waals surface area contributed by atoms with E-state index in [2.05, 4.69) is 10.6 Å². The van der Waals surface area contributed by atoms with Gasteiger partial charge >= 0.3 is 0 Å². The number of rotatable bonds is 4. The van der Waals surface area contributed by atoms with Crippen LogP contribution < -0.4 is 10.6 Å². The van der Waals surface area contributed by atoms with Gasteiger partial charge in [-0.05, 0) is 55.0 Å². The molecule has 2 unspecified atom stereocenters. The zero-order valence-electron chi connectivity index (χ0n) is 17.1. The van der Waals surface area contributed by atoms with Crippen LogP contribution in [0.2, 0.25) is 5.02 Å². The summed E-state index contributed by atoms with van der Waals surface area (Å²) in [6.07, 6.45) is 6.86. The summed E-state index contributed by atoms with van der Waals surface area (Å²) in [6, 6.07) is 14.6. The van der Waals surface area contributed by atoms with Crippen molar-refractivity contribution in [3.8, 4) is 0 Å². The Morgan fingerprint density at radius 1 is 1.13 bits per heavy atom. The number of piperidine rings is 1. The van der Waals surface area contributed by atoms with Crippen molar-refractivity contribution >= 4 is 40.7 Å². The fourth-order valence-electron chi connectivity index (χ4n) is 4.58. The first-order valence-corrected chi connectivity index (χ1v) is 11.1. The van der Waals surface area contributed by atoms with E-state index >= 15 is 0 Å². The van der Waals surface area contributed by atoms with Gasteiger partial charge in [-0.2, -0.15) is 0 Å². The smallest absolute Gasteiger partial charge is 0.230 e. The van der Waals surface area contributed by atoms with E-state index in [1.54, 1.807) is 18.2 Å². The van der Waals surface area contributed by atoms with Crippen LogP contribution in [-0.2, 0) is 9.59 Å². The number of aryl methyl sites for hydroxylation is 1. The lowest BCUT2D eigenvalue weighted by Crippen LogP contribution is -2.50. The molecule has 4 rings (SSSR count). The highest BCUT2D eigenvalue weighted by Gasteiger charge is 2.45. The SMILES string of the molecule is Cc1cccc(C2NC(=O)C[C@@H](C3C=C(Cl)C=CC3)[C@@H]2C(=O)Nc2cccc(Cl)c2)c1. The minimum atomic E-state index is -0.462. The summed E-state index contributed by atoms with van der Waals surface area (Å²) < 4.78 is 0. The van der Waals surface area contributed by atoms with Crippen LogP contribution in [0.1, 0.15) is 30.0 Å². The molecule has 0 spiro atoms. The van der Waals surface area contributed by atoms with Crippen LogP contribution in [0.5, 0.6) is 0 Å². The normalized spacial score (nSPS) is 25.5. The van der Waals surface area contributed by atoms with Crippen molar-refractivity contribution in [1.29, 1.82) is 0 Å². The van der Waals surface area contributed by atoms with Gasteiger partial charge < -0.3 is 10.6 Å². The molecular weight excluding hydrogens is 431 g/mol. The van der Waals surface area contributed by atoms with Gasteiger partial charge in [0, 0.05) is 22.2 Å². The van der Waals surface area contributed by atoms with Gasteiger partial charge in [0.15, 0.2) is 0 Å². The molecule has 160 valence electrons. The predicted molar refractivity (Wildman–Crippen MR) is 125 cm³/mol. The Kier molecular flexibility index (Phi) is 6.49. The number of benzene rings is 2. The fourth-order valence-corrected chi connectivity index (χ4v) is 5.03. The van der Waals surface area contributed by atoms with E-state index < -0.39 is 12.0 Å². The summed E-state index contributed by atoms with van der Waals surface area (Å²) in [4.78, 5) is 26.3. The van der Waals surface area contributed by atoms with Gasteiger partial charge in [0.2, 0.25) is 11.8 Å². The van der Waals surface area contributed by atoms with Gasteiger partial charge in [-0.3, -0.25) is 9.59 Å². The van der Waals surface area contributed by atoms with Crippen LogP contribution >= 0.6 is 23.2 Å². The third kappa shape index (κ3) is 5.03. The van der Waals surface area contributed by atoms with E-state index in [0.29, 0.717) is 15.7 Å². The van der Waals surface area contributed by atoms with Gasteiger partial charge in [-0.15, -0.1) is 0 Å². The molecule has 4 atom stereocenters. The molecule has 0 saturated carbocycles. The zero-order chi connectivity index (χ0) is 22.0. The standard InChI is InChI=1S/C25H24Cl2N2O2/c1-15-5-2-7-17(11-15)24-23(25(31)28-20-10-4-9-19(27)13-20)21(14-22(30)29-24)16-6-3-8-18(26)12-16/h2-5,7-13,16,21,23-24H,6,14H2,1H3,(H,28,31)(H,29,30)/t16?,21-,23-,24?/m0/s1. The predicted octanol–water partition coefficient (Wildman–Crippen LogP) is 5.78. The molecule has 0 aromatic heterocycles. The molecule has 1 aliphatic carbocycles. The highest BCUT2D eigenvalue weighted by molar-refractivity contribution is 6.31. The Morgan fingerprint density at radius 2 is 1.94 bits per heavy atom. The van der Waals surface area contributed by atoms with Crippen molar-refractivity contribution in [2.45, 2.75) is 25.8 Å². The molecule has 0 bridgehead atoms. The van der Waals surface area contributed by atoms with Crippen molar-refractivity contribution in [3.05, 3.63) is 87.9 Å². The number of allylic oxidation sites excluding steroid dienone is 4. The third-order valence-electron chi connectivity index (χ3n) is 5.96. The fraction of sp³-hybridized carbons (Fsp3) is 0.280. The van der Waals surface area contributed by atoms with Crippen LogP contribution in [0.15, 0.2) is 71.8 Å². The van der Waals surface area contributed by atoms with Crippen LogP contribution in [0.4, 0.5) is 5.69 Å². The van der Waals surface area contributed by atoms with Gasteiger partial charge in [0.05, 0.1) is 12.0 Å². The second kappa shape index (κ2) is 9.29. The summed E-state index contributed by atoms with van der Waals surface area (Å²) in [7, 11) is 0. The maximum atomic E-state index is 13.6. The summed E-state index contributed by atoms with van der Waals surface area (Å²) in [6.45, 7) is 2.00. The topological polar surface area (TPSA) is 58.2 Å². The second-order valence-corrected chi connectivity index (χ2v) is 9.08. The molecule has 2 aliphatic rings. The summed E-state index contributed by atoms with van der Waals surface area (Å²) in [5.74, 6) is -0.834. The Bertz CT molecular complexity index is 1060. The molecule has 2 amide bonds. The van der Waals surface area contributed by atoms with Crippen molar-refractivity contribution in [1.82, 2.24) is 5.32 Å². The molecule has 2 aromatic carbocycles. The average molecular weight is 455 g/mol. The number of carbonyl (C=O) groups is 2. The number of hydrogen-bond acceptors (Lipinski definition) is 2. The molecule has 1 aliphatic heterocycles. The number of amides is 2. The molecule has 1 saturated heterocycles. The molecule has 2 N–H and O–H groups in total. The molecule has 1 heterocycles. The first-order valence-electron chi connectivity index (χ1n) is 10.4. The van der Waals surface area contributed by atoms with Crippen molar-refractivity contribution in [2.24, 2.45) is 17.8 Å². The number of carbonyl (C=O) groups excluding carboxylic acids is 2. The number of anilines is 1. The molecule has 4 nitrogen and oxygen atoms in total.